The van der Waals surface area contributed by atoms with Crippen molar-refractivity contribution in [3.63, 3.8) is 0 Å². The van der Waals surface area contributed by atoms with Crippen molar-refractivity contribution in [3.8, 4) is 0 Å². The number of rotatable bonds is 5. The Labute approximate surface area is 143 Å². The maximum Gasteiger partial charge on any atom is 0.0355 e. The first-order valence-electron chi connectivity index (χ1n) is 8.44. The molecule has 0 radical (unpaired) electrons. The number of likely N-dealkylation sites (N-methyl/N-ethyl adjacent to an activating group) is 1. The molecule has 0 N–H and O–H groups in total. The van der Waals surface area contributed by atoms with Crippen LogP contribution in [0.3, 0.4) is 0 Å². The summed E-state index contributed by atoms with van der Waals surface area (Å²) >= 11 is 1.88. The van der Waals surface area contributed by atoms with Crippen LogP contribution in [0, 0.1) is 0 Å². The Hall–Kier alpha value is -1.64. The van der Waals surface area contributed by atoms with E-state index in [2.05, 4.69) is 75.1 Å². The molecular formula is C21H25NS. The van der Waals surface area contributed by atoms with E-state index in [-0.39, 0.29) is 0 Å². The van der Waals surface area contributed by atoms with Gasteiger partial charge in [-0.3, -0.25) is 4.90 Å². The zero-order chi connectivity index (χ0) is 16.4. The smallest absolute Gasteiger partial charge is 0.0355 e. The summed E-state index contributed by atoms with van der Waals surface area (Å²) < 4.78 is 2.75. The van der Waals surface area contributed by atoms with E-state index >= 15 is 0 Å². The molecule has 120 valence electrons. The van der Waals surface area contributed by atoms with E-state index in [1.165, 1.54) is 36.9 Å². The Bertz CT molecular complexity index is 853. The second-order valence-corrected chi connectivity index (χ2v) is 7.26. The van der Waals surface area contributed by atoms with E-state index in [1.807, 2.05) is 11.3 Å². The van der Waals surface area contributed by atoms with Gasteiger partial charge in [-0.2, -0.15) is 0 Å². The van der Waals surface area contributed by atoms with Gasteiger partial charge in [0.25, 0.3) is 0 Å². The minimum Gasteiger partial charge on any atom is -0.300 e. The normalized spacial score (nSPS) is 13.1. The zero-order valence-corrected chi connectivity index (χ0v) is 15.3. The van der Waals surface area contributed by atoms with Crippen LogP contribution < -0.4 is 0 Å². The molecule has 0 amide bonds. The third-order valence-corrected chi connectivity index (χ3v) is 5.96. The molecular weight excluding hydrogens is 298 g/mol. The van der Waals surface area contributed by atoms with Crippen molar-refractivity contribution in [2.24, 2.45) is 0 Å². The molecule has 0 saturated carbocycles. The van der Waals surface area contributed by atoms with Crippen LogP contribution in [0.5, 0.6) is 0 Å². The predicted molar refractivity (Wildman–Crippen MR) is 105 cm³/mol. The quantitative estimate of drug-likeness (QED) is 0.541. The predicted octanol–water partition coefficient (Wildman–Crippen LogP) is 6.19. The first-order chi connectivity index (χ1) is 11.1. The largest absolute Gasteiger partial charge is 0.300 e. The van der Waals surface area contributed by atoms with Crippen LogP contribution in [0.2, 0.25) is 0 Å². The standard InChI is InChI=1S/C21H25NS/c1-5-22(6-2)14-15(3)16(4)17-11-12-21-19(13-17)18-9-7-8-10-20(18)23-21/h7-13H,5-6,14H2,1-4H3. The summed E-state index contributed by atoms with van der Waals surface area (Å²) in [5, 5.41) is 2.77. The lowest BCUT2D eigenvalue weighted by Crippen LogP contribution is -2.24. The Morgan fingerprint density at radius 3 is 2.35 bits per heavy atom. The highest BCUT2D eigenvalue weighted by Crippen LogP contribution is 2.35. The van der Waals surface area contributed by atoms with Crippen LogP contribution in [-0.2, 0) is 0 Å². The van der Waals surface area contributed by atoms with Gasteiger partial charge in [0.2, 0.25) is 0 Å². The second kappa shape index (κ2) is 6.86. The summed E-state index contributed by atoms with van der Waals surface area (Å²) in [6, 6.07) is 15.6. The lowest BCUT2D eigenvalue weighted by atomic mass is 10.00. The fraction of sp³-hybridized carbons (Fsp3) is 0.333. The number of benzene rings is 2. The molecule has 3 aromatic rings. The Morgan fingerprint density at radius 2 is 1.61 bits per heavy atom. The van der Waals surface area contributed by atoms with Gasteiger partial charge in [-0.25, -0.2) is 0 Å². The molecule has 3 rings (SSSR count). The molecule has 0 aliphatic carbocycles. The Balaban J connectivity index is 2.03. The SMILES string of the molecule is CCN(CC)CC(C)=C(C)c1ccc2sc3ccccc3c2c1. The van der Waals surface area contributed by atoms with Crippen molar-refractivity contribution >= 4 is 37.1 Å². The number of allylic oxidation sites excluding steroid dienone is 1. The molecule has 0 aliphatic heterocycles. The minimum atomic E-state index is 1.06. The number of thiophene rings is 1. The van der Waals surface area contributed by atoms with Gasteiger partial charge in [-0.1, -0.05) is 43.7 Å². The van der Waals surface area contributed by atoms with Gasteiger partial charge in [-0.15, -0.1) is 11.3 Å². The van der Waals surface area contributed by atoms with E-state index in [0.29, 0.717) is 0 Å². The highest BCUT2D eigenvalue weighted by molar-refractivity contribution is 7.25. The molecule has 2 heteroatoms. The number of nitrogens with zero attached hydrogens (tertiary/aromatic N) is 1. The van der Waals surface area contributed by atoms with Crippen molar-refractivity contribution in [1.82, 2.24) is 4.90 Å². The van der Waals surface area contributed by atoms with Crippen LogP contribution in [0.4, 0.5) is 0 Å². The highest BCUT2D eigenvalue weighted by Gasteiger charge is 2.08. The summed E-state index contributed by atoms with van der Waals surface area (Å²) in [6.07, 6.45) is 0. The van der Waals surface area contributed by atoms with Crippen molar-refractivity contribution < 1.29 is 0 Å². The van der Waals surface area contributed by atoms with E-state index < -0.39 is 0 Å². The summed E-state index contributed by atoms with van der Waals surface area (Å²) in [4.78, 5) is 2.47. The van der Waals surface area contributed by atoms with Gasteiger partial charge in [0.05, 0.1) is 0 Å². The molecule has 1 nitrogen and oxygen atoms in total. The van der Waals surface area contributed by atoms with Gasteiger partial charge in [0.15, 0.2) is 0 Å². The summed E-state index contributed by atoms with van der Waals surface area (Å²) in [5.74, 6) is 0. The summed E-state index contributed by atoms with van der Waals surface area (Å²) in [6.45, 7) is 12.3. The van der Waals surface area contributed by atoms with Gasteiger partial charge < -0.3 is 0 Å². The average Bonchev–Trinajstić information content (AvgIpc) is 2.96. The van der Waals surface area contributed by atoms with Crippen LogP contribution in [0.25, 0.3) is 25.7 Å². The Morgan fingerprint density at radius 1 is 0.913 bits per heavy atom. The van der Waals surface area contributed by atoms with Gasteiger partial charge in [0.1, 0.15) is 0 Å². The van der Waals surface area contributed by atoms with Gasteiger partial charge >= 0.3 is 0 Å². The van der Waals surface area contributed by atoms with Crippen LogP contribution in [-0.4, -0.2) is 24.5 Å². The van der Waals surface area contributed by atoms with Crippen molar-refractivity contribution in [3.05, 3.63) is 53.6 Å². The minimum absolute atomic E-state index is 1.06. The first kappa shape index (κ1) is 16.2. The molecule has 0 unspecified atom stereocenters. The van der Waals surface area contributed by atoms with Crippen molar-refractivity contribution in [2.75, 3.05) is 19.6 Å². The maximum atomic E-state index is 2.47. The molecule has 0 saturated heterocycles. The highest BCUT2D eigenvalue weighted by atomic mass is 32.1. The van der Waals surface area contributed by atoms with E-state index in [0.717, 1.165) is 19.6 Å². The van der Waals surface area contributed by atoms with Crippen LogP contribution >= 0.6 is 11.3 Å². The molecule has 0 fully saturated rings. The summed E-state index contributed by atoms with van der Waals surface area (Å²) in [7, 11) is 0. The third-order valence-electron chi connectivity index (χ3n) is 4.81. The van der Waals surface area contributed by atoms with E-state index in [4.69, 9.17) is 0 Å². The first-order valence-corrected chi connectivity index (χ1v) is 9.26. The van der Waals surface area contributed by atoms with Crippen LogP contribution in [0.15, 0.2) is 48.0 Å². The molecule has 0 aliphatic rings. The number of hydrogen-bond acceptors (Lipinski definition) is 2. The van der Waals surface area contributed by atoms with E-state index in [9.17, 15) is 0 Å². The van der Waals surface area contributed by atoms with E-state index in [1.54, 1.807) is 0 Å². The summed E-state index contributed by atoms with van der Waals surface area (Å²) in [5.41, 5.74) is 4.23. The molecule has 1 aromatic heterocycles. The molecule has 1 heterocycles. The molecule has 2 aromatic carbocycles. The number of fused-ring (bicyclic) bond motifs is 3. The molecule has 0 bridgehead atoms. The topological polar surface area (TPSA) is 3.24 Å². The fourth-order valence-electron chi connectivity index (χ4n) is 3.11. The second-order valence-electron chi connectivity index (χ2n) is 6.18. The lowest BCUT2D eigenvalue weighted by molar-refractivity contribution is 0.330. The lowest BCUT2D eigenvalue weighted by Gasteiger charge is -2.20. The molecule has 0 atom stereocenters. The van der Waals surface area contributed by atoms with Crippen molar-refractivity contribution in [2.45, 2.75) is 27.7 Å². The van der Waals surface area contributed by atoms with Gasteiger partial charge in [-0.05, 0) is 56.3 Å². The Kier molecular flexibility index (Phi) is 4.84. The molecule has 23 heavy (non-hydrogen) atoms. The van der Waals surface area contributed by atoms with Crippen LogP contribution in [0.1, 0.15) is 33.3 Å². The zero-order valence-electron chi connectivity index (χ0n) is 14.5. The van der Waals surface area contributed by atoms with Crippen molar-refractivity contribution in [1.29, 1.82) is 0 Å². The maximum absolute atomic E-state index is 2.47. The molecule has 0 spiro atoms. The van der Waals surface area contributed by atoms with Gasteiger partial charge in [0, 0.05) is 26.7 Å². The monoisotopic (exact) mass is 323 g/mol. The number of hydrogen-bond donors (Lipinski definition) is 0. The third kappa shape index (κ3) is 3.19. The average molecular weight is 324 g/mol. The fourth-order valence-corrected chi connectivity index (χ4v) is 4.19.